The highest BCUT2D eigenvalue weighted by Gasteiger charge is 2.33. The Kier molecular flexibility index (Phi) is 6.69. The van der Waals surface area contributed by atoms with Crippen LogP contribution in [-0.4, -0.2) is 53.7 Å². The van der Waals surface area contributed by atoms with Crippen molar-refractivity contribution >= 4 is 35.0 Å². The van der Waals surface area contributed by atoms with Crippen LogP contribution in [0.3, 0.4) is 0 Å². The summed E-state index contributed by atoms with van der Waals surface area (Å²) in [6.07, 6.45) is -4.85. The van der Waals surface area contributed by atoms with Crippen LogP contribution in [0.25, 0.3) is 0 Å². The Morgan fingerprint density at radius 2 is 1.67 bits per heavy atom. The predicted molar refractivity (Wildman–Crippen MR) is 93.2 cm³/mol. The Balaban J connectivity index is 1.85. The number of alkyl halides is 3. The molecule has 0 unspecified atom stereocenters. The largest absolute Gasteiger partial charge is 0.417 e. The summed E-state index contributed by atoms with van der Waals surface area (Å²) < 4.78 is 38.5. The summed E-state index contributed by atoms with van der Waals surface area (Å²) in [5, 5.41) is 1.88. The maximum Gasteiger partial charge on any atom is 0.417 e. The van der Waals surface area contributed by atoms with E-state index >= 15 is 0 Å². The Labute approximate surface area is 159 Å². The lowest BCUT2D eigenvalue weighted by molar-refractivity contribution is -0.139. The molecular weight excluding hydrogens is 387 g/mol. The quantitative estimate of drug-likeness (QED) is 0.837. The van der Waals surface area contributed by atoms with Crippen molar-refractivity contribution in [1.82, 2.24) is 9.80 Å². The van der Waals surface area contributed by atoms with E-state index < -0.39 is 22.7 Å². The molecule has 3 amide bonds. The van der Waals surface area contributed by atoms with Crippen molar-refractivity contribution in [3.63, 3.8) is 0 Å². The lowest BCUT2D eigenvalue weighted by Crippen LogP contribution is -2.50. The van der Waals surface area contributed by atoms with Gasteiger partial charge in [-0.25, -0.2) is 0 Å². The number of hydrogen-bond donors (Lipinski definition) is 1. The fourth-order valence-corrected chi connectivity index (χ4v) is 2.92. The van der Waals surface area contributed by atoms with Crippen LogP contribution >= 0.6 is 11.6 Å². The minimum atomic E-state index is -4.63. The Morgan fingerprint density at radius 1 is 1.07 bits per heavy atom. The van der Waals surface area contributed by atoms with E-state index in [1.54, 1.807) is 9.80 Å². The molecule has 1 aliphatic rings. The molecule has 6 nitrogen and oxygen atoms in total. The van der Waals surface area contributed by atoms with Crippen molar-refractivity contribution in [2.24, 2.45) is 0 Å². The topological polar surface area (TPSA) is 69.7 Å². The second kappa shape index (κ2) is 8.60. The van der Waals surface area contributed by atoms with E-state index in [9.17, 15) is 27.6 Å². The van der Waals surface area contributed by atoms with Crippen LogP contribution in [0.1, 0.15) is 25.3 Å². The number of carbonyl (C=O) groups excluding carboxylic acids is 3. The van der Waals surface area contributed by atoms with Crippen molar-refractivity contribution < 1.29 is 27.6 Å². The van der Waals surface area contributed by atoms with E-state index in [1.165, 1.54) is 13.0 Å². The molecule has 1 heterocycles. The predicted octanol–water partition coefficient (Wildman–Crippen LogP) is 2.77. The molecule has 1 N–H and O–H groups in total. The number of piperazine rings is 1. The van der Waals surface area contributed by atoms with Gasteiger partial charge in [-0.3, -0.25) is 14.4 Å². The molecule has 0 aliphatic carbocycles. The van der Waals surface area contributed by atoms with Gasteiger partial charge < -0.3 is 15.1 Å². The first-order chi connectivity index (χ1) is 12.6. The van der Waals surface area contributed by atoms with E-state index in [-0.39, 0.29) is 30.3 Å². The summed E-state index contributed by atoms with van der Waals surface area (Å²) in [6, 6.07) is 3.07. The normalized spacial score (nSPS) is 14.9. The van der Waals surface area contributed by atoms with Gasteiger partial charge in [-0.15, -0.1) is 0 Å². The zero-order valence-electron chi connectivity index (χ0n) is 14.6. The standard InChI is InChI=1S/C17H19ClF3N3O3/c1-11(25)23-6-8-24(9-7-23)16(27)5-4-15(26)22-12-2-3-14(18)13(10-12)17(19,20)21/h2-3,10H,4-9H2,1H3,(H,22,26). The summed E-state index contributed by atoms with van der Waals surface area (Å²) >= 11 is 5.53. The van der Waals surface area contributed by atoms with E-state index in [4.69, 9.17) is 11.6 Å². The molecule has 2 rings (SSSR count). The molecule has 0 atom stereocenters. The molecule has 1 fully saturated rings. The van der Waals surface area contributed by atoms with Gasteiger partial charge in [-0.05, 0) is 18.2 Å². The summed E-state index contributed by atoms with van der Waals surface area (Å²) in [4.78, 5) is 38.5. The SMILES string of the molecule is CC(=O)N1CCN(C(=O)CCC(=O)Nc2ccc(Cl)c(C(F)(F)F)c2)CC1. The summed E-state index contributed by atoms with van der Waals surface area (Å²) in [6.45, 7) is 3.14. The third-order valence-corrected chi connectivity index (χ3v) is 4.53. The van der Waals surface area contributed by atoms with Crippen LogP contribution in [0.15, 0.2) is 18.2 Å². The van der Waals surface area contributed by atoms with Gasteiger partial charge >= 0.3 is 6.18 Å². The van der Waals surface area contributed by atoms with Crippen molar-refractivity contribution in [1.29, 1.82) is 0 Å². The molecule has 1 aliphatic heterocycles. The van der Waals surface area contributed by atoms with Crippen molar-refractivity contribution in [3.8, 4) is 0 Å². The van der Waals surface area contributed by atoms with Gasteiger partial charge in [0, 0.05) is 51.6 Å². The molecule has 1 saturated heterocycles. The molecule has 1 aromatic carbocycles. The fourth-order valence-electron chi connectivity index (χ4n) is 2.69. The van der Waals surface area contributed by atoms with Crippen LogP contribution in [0.2, 0.25) is 5.02 Å². The van der Waals surface area contributed by atoms with Crippen LogP contribution in [0.5, 0.6) is 0 Å². The van der Waals surface area contributed by atoms with E-state index in [0.29, 0.717) is 26.2 Å². The van der Waals surface area contributed by atoms with E-state index in [0.717, 1.165) is 12.1 Å². The fraction of sp³-hybridized carbons (Fsp3) is 0.471. The average molecular weight is 406 g/mol. The van der Waals surface area contributed by atoms with E-state index in [1.807, 2.05) is 0 Å². The van der Waals surface area contributed by atoms with Gasteiger partial charge in [0.2, 0.25) is 17.7 Å². The first kappa shape index (κ1) is 21.0. The monoisotopic (exact) mass is 405 g/mol. The Morgan fingerprint density at radius 3 is 2.22 bits per heavy atom. The van der Waals surface area contributed by atoms with Crippen LogP contribution < -0.4 is 5.32 Å². The summed E-state index contributed by atoms with van der Waals surface area (Å²) in [5.74, 6) is -0.857. The number of nitrogens with zero attached hydrogens (tertiary/aromatic N) is 2. The number of rotatable bonds is 4. The summed E-state index contributed by atoms with van der Waals surface area (Å²) in [7, 11) is 0. The first-order valence-electron chi connectivity index (χ1n) is 8.28. The van der Waals surface area contributed by atoms with Crippen LogP contribution in [0.4, 0.5) is 18.9 Å². The average Bonchev–Trinajstić information content (AvgIpc) is 2.60. The van der Waals surface area contributed by atoms with Gasteiger partial charge in [0.1, 0.15) is 0 Å². The minimum Gasteiger partial charge on any atom is -0.339 e. The zero-order chi connectivity index (χ0) is 20.2. The van der Waals surface area contributed by atoms with Gasteiger partial charge in [0.25, 0.3) is 0 Å². The number of carbonyl (C=O) groups is 3. The highest BCUT2D eigenvalue weighted by atomic mass is 35.5. The highest BCUT2D eigenvalue weighted by molar-refractivity contribution is 6.31. The molecule has 0 spiro atoms. The Bertz CT molecular complexity index is 732. The molecule has 10 heteroatoms. The van der Waals surface area contributed by atoms with Gasteiger partial charge in [0.15, 0.2) is 0 Å². The number of amides is 3. The van der Waals surface area contributed by atoms with Gasteiger partial charge in [-0.1, -0.05) is 11.6 Å². The number of halogens is 4. The number of nitrogens with one attached hydrogen (secondary N) is 1. The van der Waals surface area contributed by atoms with Crippen molar-refractivity contribution in [3.05, 3.63) is 28.8 Å². The van der Waals surface area contributed by atoms with Crippen molar-refractivity contribution in [2.75, 3.05) is 31.5 Å². The number of hydrogen-bond acceptors (Lipinski definition) is 3. The Hall–Kier alpha value is -2.29. The maximum atomic E-state index is 12.8. The molecular formula is C17H19ClF3N3O3. The van der Waals surface area contributed by atoms with E-state index in [2.05, 4.69) is 5.32 Å². The number of benzene rings is 1. The second-order valence-electron chi connectivity index (χ2n) is 6.13. The molecule has 0 radical (unpaired) electrons. The molecule has 1 aromatic rings. The third-order valence-electron chi connectivity index (χ3n) is 4.20. The lowest BCUT2D eigenvalue weighted by atomic mass is 10.2. The highest BCUT2D eigenvalue weighted by Crippen LogP contribution is 2.36. The molecule has 0 aromatic heterocycles. The third kappa shape index (κ3) is 5.85. The number of anilines is 1. The first-order valence-corrected chi connectivity index (χ1v) is 8.65. The molecule has 0 bridgehead atoms. The summed E-state index contributed by atoms with van der Waals surface area (Å²) in [5.41, 5.74) is -1.08. The molecule has 27 heavy (non-hydrogen) atoms. The smallest absolute Gasteiger partial charge is 0.339 e. The second-order valence-corrected chi connectivity index (χ2v) is 6.53. The molecule has 148 valence electrons. The molecule has 0 saturated carbocycles. The zero-order valence-corrected chi connectivity index (χ0v) is 15.4. The van der Waals surface area contributed by atoms with Crippen LogP contribution in [0, 0.1) is 0 Å². The van der Waals surface area contributed by atoms with Gasteiger partial charge in [0.05, 0.1) is 10.6 Å². The van der Waals surface area contributed by atoms with Crippen molar-refractivity contribution in [2.45, 2.75) is 25.9 Å². The van der Waals surface area contributed by atoms with Gasteiger partial charge in [-0.2, -0.15) is 13.2 Å². The maximum absolute atomic E-state index is 12.8. The minimum absolute atomic E-state index is 0.0424. The lowest BCUT2D eigenvalue weighted by Gasteiger charge is -2.34. The van der Waals surface area contributed by atoms with Crippen LogP contribution in [-0.2, 0) is 20.6 Å².